The van der Waals surface area contributed by atoms with Crippen molar-refractivity contribution in [2.75, 3.05) is 0 Å². The zero-order valence-corrected chi connectivity index (χ0v) is 12.2. The number of carboxylic acids is 1. The molecule has 1 atom stereocenters. The predicted molar refractivity (Wildman–Crippen MR) is 82.2 cm³/mol. The molecular formula is C18H20O3. The van der Waals surface area contributed by atoms with Crippen molar-refractivity contribution < 1.29 is 14.6 Å². The highest BCUT2D eigenvalue weighted by molar-refractivity contribution is 5.72. The van der Waals surface area contributed by atoms with Crippen LogP contribution in [0.4, 0.5) is 0 Å². The number of benzene rings is 2. The van der Waals surface area contributed by atoms with Crippen molar-refractivity contribution in [2.24, 2.45) is 0 Å². The topological polar surface area (TPSA) is 46.5 Å². The molecule has 0 bridgehead atoms. The van der Waals surface area contributed by atoms with Crippen LogP contribution < -0.4 is 0 Å². The average Bonchev–Trinajstić information content (AvgIpc) is 2.52. The summed E-state index contributed by atoms with van der Waals surface area (Å²) >= 11 is 0. The Balaban J connectivity index is 1.96. The normalized spacial score (nSPS) is 12.0. The zero-order chi connectivity index (χ0) is 15.1. The maximum absolute atomic E-state index is 11.3. The summed E-state index contributed by atoms with van der Waals surface area (Å²) in [4.78, 5) is 11.3. The standard InChI is InChI=1S/C18H20O3/c1-2-14-8-10-15(11-9-14)12-17(18(19)20)21-13-16-6-4-3-5-7-16/h3-11,17H,2,12-13H2,1H3,(H,19,20). The Hall–Kier alpha value is -2.13. The van der Waals surface area contributed by atoms with Crippen molar-refractivity contribution >= 4 is 5.97 Å². The fraction of sp³-hybridized carbons (Fsp3) is 0.278. The lowest BCUT2D eigenvalue weighted by atomic mass is 10.0. The number of aryl methyl sites for hydroxylation is 1. The van der Waals surface area contributed by atoms with E-state index in [1.807, 2.05) is 54.6 Å². The van der Waals surface area contributed by atoms with Gasteiger partial charge in [0.25, 0.3) is 0 Å². The van der Waals surface area contributed by atoms with Crippen LogP contribution in [0.5, 0.6) is 0 Å². The number of ether oxygens (including phenoxy) is 1. The largest absolute Gasteiger partial charge is 0.479 e. The van der Waals surface area contributed by atoms with E-state index < -0.39 is 12.1 Å². The molecule has 0 radical (unpaired) electrons. The minimum atomic E-state index is -0.925. The fourth-order valence-electron chi connectivity index (χ4n) is 2.11. The van der Waals surface area contributed by atoms with Gasteiger partial charge in [-0.3, -0.25) is 0 Å². The van der Waals surface area contributed by atoms with Crippen molar-refractivity contribution in [3.8, 4) is 0 Å². The van der Waals surface area contributed by atoms with Gasteiger partial charge in [-0.2, -0.15) is 0 Å². The number of aliphatic carboxylic acids is 1. The van der Waals surface area contributed by atoms with E-state index in [2.05, 4.69) is 6.92 Å². The molecule has 0 saturated heterocycles. The van der Waals surface area contributed by atoms with E-state index in [4.69, 9.17) is 4.74 Å². The number of hydrogen-bond acceptors (Lipinski definition) is 2. The van der Waals surface area contributed by atoms with Gasteiger partial charge in [0.05, 0.1) is 6.61 Å². The molecule has 3 heteroatoms. The summed E-state index contributed by atoms with van der Waals surface area (Å²) in [6.07, 6.45) is 0.539. The quantitative estimate of drug-likeness (QED) is 0.847. The molecule has 2 rings (SSSR count). The smallest absolute Gasteiger partial charge is 0.333 e. The number of carbonyl (C=O) groups is 1. The minimum absolute atomic E-state index is 0.310. The second-order valence-electron chi connectivity index (χ2n) is 5.00. The molecule has 0 fully saturated rings. The van der Waals surface area contributed by atoms with E-state index in [0.29, 0.717) is 13.0 Å². The van der Waals surface area contributed by atoms with E-state index in [1.165, 1.54) is 5.56 Å². The summed E-state index contributed by atoms with van der Waals surface area (Å²) in [5.74, 6) is -0.925. The summed E-state index contributed by atoms with van der Waals surface area (Å²) < 4.78 is 5.55. The summed E-state index contributed by atoms with van der Waals surface area (Å²) in [6.45, 7) is 2.41. The molecule has 2 aromatic rings. The number of rotatable bonds is 7. The lowest BCUT2D eigenvalue weighted by Gasteiger charge is -2.14. The maximum atomic E-state index is 11.3. The van der Waals surface area contributed by atoms with Gasteiger partial charge in [-0.1, -0.05) is 61.5 Å². The molecule has 3 nitrogen and oxygen atoms in total. The van der Waals surface area contributed by atoms with Gasteiger partial charge in [0.1, 0.15) is 0 Å². The van der Waals surface area contributed by atoms with Gasteiger partial charge in [0.15, 0.2) is 6.10 Å². The lowest BCUT2D eigenvalue weighted by molar-refractivity contribution is -0.151. The highest BCUT2D eigenvalue weighted by Crippen LogP contribution is 2.11. The Morgan fingerprint density at radius 3 is 2.19 bits per heavy atom. The van der Waals surface area contributed by atoms with Crippen molar-refractivity contribution in [2.45, 2.75) is 32.5 Å². The molecule has 2 aromatic carbocycles. The van der Waals surface area contributed by atoms with Gasteiger partial charge in [-0.15, -0.1) is 0 Å². The maximum Gasteiger partial charge on any atom is 0.333 e. The van der Waals surface area contributed by atoms with Crippen LogP contribution in [0.15, 0.2) is 54.6 Å². The van der Waals surface area contributed by atoms with Crippen molar-refractivity contribution in [3.05, 3.63) is 71.3 Å². The Labute approximate surface area is 125 Å². The molecule has 21 heavy (non-hydrogen) atoms. The molecule has 0 spiro atoms. The number of hydrogen-bond donors (Lipinski definition) is 1. The SMILES string of the molecule is CCc1ccc(CC(OCc2ccccc2)C(=O)O)cc1. The third-order valence-electron chi connectivity index (χ3n) is 3.42. The van der Waals surface area contributed by atoms with Crippen LogP contribution in [-0.2, 0) is 29.0 Å². The van der Waals surface area contributed by atoms with E-state index in [1.54, 1.807) is 0 Å². The Kier molecular flexibility index (Phi) is 5.52. The van der Waals surface area contributed by atoms with Crippen molar-refractivity contribution in [1.29, 1.82) is 0 Å². The van der Waals surface area contributed by atoms with Crippen LogP contribution in [0.3, 0.4) is 0 Å². The summed E-state index contributed by atoms with van der Waals surface area (Å²) in [5, 5.41) is 9.29. The fourth-order valence-corrected chi connectivity index (χ4v) is 2.11. The second kappa shape index (κ2) is 7.60. The van der Waals surface area contributed by atoms with Crippen molar-refractivity contribution in [1.82, 2.24) is 0 Å². The first-order valence-electron chi connectivity index (χ1n) is 7.15. The van der Waals surface area contributed by atoms with Gasteiger partial charge >= 0.3 is 5.97 Å². The van der Waals surface area contributed by atoms with E-state index in [0.717, 1.165) is 17.5 Å². The van der Waals surface area contributed by atoms with Gasteiger partial charge in [-0.25, -0.2) is 4.79 Å². The van der Waals surface area contributed by atoms with Crippen LogP contribution in [0.2, 0.25) is 0 Å². The van der Waals surface area contributed by atoms with Crippen LogP contribution in [-0.4, -0.2) is 17.2 Å². The summed E-state index contributed by atoms with van der Waals surface area (Å²) in [6, 6.07) is 17.6. The van der Waals surface area contributed by atoms with Gasteiger partial charge in [-0.05, 0) is 23.1 Å². The van der Waals surface area contributed by atoms with Gasteiger partial charge < -0.3 is 9.84 Å². The van der Waals surface area contributed by atoms with Crippen LogP contribution in [0.25, 0.3) is 0 Å². The Morgan fingerprint density at radius 1 is 1.00 bits per heavy atom. The molecule has 0 heterocycles. The van der Waals surface area contributed by atoms with Crippen LogP contribution in [0, 0.1) is 0 Å². The molecule has 0 amide bonds. The first-order chi connectivity index (χ1) is 10.2. The lowest BCUT2D eigenvalue weighted by Crippen LogP contribution is -2.26. The third-order valence-corrected chi connectivity index (χ3v) is 3.42. The minimum Gasteiger partial charge on any atom is -0.479 e. The molecule has 0 aliphatic heterocycles. The molecular weight excluding hydrogens is 264 g/mol. The Morgan fingerprint density at radius 2 is 1.62 bits per heavy atom. The molecule has 0 aliphatic carbocycles. The molecule has 0 saturated carbocycles. The number of carboxylic acid groups (broad SMARTS) is 1. The predicted octanol–water partition coefficient (Wildman–Crippen LogP) is 3.46. The van der Waals surface area contributed by atoms with Crippen LogP contribution >= 0.6 is 0 Å². The van der Waals surface area contributed by atoms with E-state index >= 15 is 0 Å². The third kappa shape index (κ3) is 4.72. The molecule has 1 N–H and O–H groups in total. The highest BCUT2D eigenvalue weighted by Gasteiger charge is 2.18. The first kappa shape index (κ1) is 15.3. The first-order valence-corrected chi connectivity index (χ1v) is 7.15. The molecule has 110 valence electrons. The average molecular weight is 284 g/mol. The summed E-state index contributed by atoms with van der Waals surface area (Å²) in [7, 11) is 0. The highest BCUT2D eigenvalue weighted by atomic mass is 16.5. The van der Waals surface area contributed by atoms with Crippen molar-refractivity contribution in [3.63, 3.8) is 0 Å². The Bertz CT molecular complexity index is 561. The molecule has 0 aromatic heterocycles. The second-order valence-corrected chi connectivity index (χ2v) is 5.00. The van der Waals surface area contributed by atoms with E-state index in [9.17, 15) is 9.90 Å². The van der Waals surface area contributed by atoms with Gasteiger partial charge in [0, 0.05) is 6.42 Å². The monoisotopic (exact) mass is 284 g/mol. The summed E-state index contributed by atoms with van der Waals surface area (Å²) in [5.41, 5.74) is 3.20. The van der Waals surface area contributed by atoms with E-state index in [-0.39, 0.29) is 0 Å². The molecule has 1 unspecified atom stereocenters. The molecule has 0 aliphatic rings. The van der Waals surface area contributed by atoms with Crippen LogP contribution in [0.1, 0.15) is 23.6 Å². The van der Waals surface area contributed by atoms with Gasteiger partial charge in [0.2, 0.25) is 0 Å². The zero-order valence-electron chi connectivity index (χ0n) is 12.2.